The zero-order valence-electron chi connectivity index (χ0n) is 14.4. The molecule has 0 fully saturated rings. The Balaban J connectivity index is 2.32. The summed E-state index contributed by atoms with van der Waals surface area (Å²) >= 11 is 7.31. The minimum absolute atomic E-state index is 0.0489. The van der Waals surface area contributed by atoms with Gasteiger partial charge in [0.1, 0.15) is 0 Å². The number of halogens is 1. The number of rotatable bonds is 7. The predicted octanol–water partition coefficient (Wildman–Crippen LogP) is 2.38. The second-order valence-electron chi connectivity index (χ2n) is 5.56. The van der Waals surface area contributed by atoms with Gasteiger partial charge in [0, 0.05) is 10.7 Å². The molecule has 2 aromatic rings. The summed E-state index contributed by atoms with van der Waals surface area (Å²) in [6.07, 6.45) is 5.15. The fraction of sp³-hybridized carbons (Fsp3) is 0.353. The summed E-state index contributed by atoms with van der Waals surface area (Å²) < 4.78 is 1.94. The Bertz CT molecular complexity index is 766. The lowest BCUT2D eigenvalue weighted by Crippen LogP contribution is -2.25. The van der Waals surface area contributed by atoms with Gasteiger partial charge in [0.15, 0.2) is 11.0 Å². The Morgan fingerprint density at radius 3 is 2.68 bits per heavy atom. The molecule has 0 spiro atoms. The monoisotopic (exact) mass is 377 g/mol. The van der Waals surface area contributed by atoms with Crippen molar-refractivity contribution >= 4 is 29.3 Å². The standard InChI is InChI=1S/C17H20ClN5OS/c1-5-10-19-15(24)11-25-17-21-20-16(12(2)22(3)4)23(17)14-8-6-13(18)7-9-14/h1,6-9,12H,10-11H2,2-4H3,(H,19,24). The molecule has 0 radical (unpaired) electrons. The average molecular weight is 378 g/mol. The lowest BCUT2D eigenvalue weighted by Gasteiger charge is -2.20. The highest BCUT2D eigenvalue weighted by atomic mass is 35.5. The van der Waals surface area contributed by atoms with Crippen molar-refractivity contribution in [1.29, 1.82) is 0 Å². The van der Waals surface area contributed by atoms with Crippen LogP contribution in [0.15, 0.2) is 29.4 Å². The Labute approximate surface area is 156 Å². The number of hydrogen-bond donors (Lipinski definition) is 1. The van der Waals surface area contributed by atoms with E-state index in [1.54, 1.807) is 0 Å². The van der Waals surface area contributed by atoms with Crippen LogP contribution in [0.25, 0.3) is 5.69 Å². The lowest BCUT2D eigenvalue weighted by molar-refractivity contribution is -0.118. The van der Waals surface area contributed by atoms with Crippen LogP contribution in [0.2, 0.25) is 5.02 Å². The second-order valence-corrected chi connectivity index (χ2v) is 6.94. The minimum Gasteiger partial charge on any atom is -0.344 e. The molecule has 0 aliphatic rings. The van der Waals surface area contributed by atoms with E-state index in [1.807, 2.05) is 54.8 Å². The van der Waals surface area contributed by atoms with E-state index in [2.05, 4.69) is 21.4 Å². The maximum absolute atomic E-state index is 11.8. The molecule has 25 heavy (non-hydrogen) atoms. The molecule has 0 bridgehead atoms. The molecular weight excluding hydrogens is 358 g/mol. The number of nitrogens with zero attached hydrogens (tertiary/aromatic N) is 4. The first-order chi connectivity index (χ1) is 11.9. The van der Waals surface area contributed by atoms with Gasteiger partial charge in [-0.05, 0) is 45.3 Å². The molecule has 8 heteroatoms. The van der Waals surface area contributed by atoms with E-state index in [9.17, 15) is 4.79 Å². The zero-order valence-corrected chi connectivity index (χ0v) is 15.9. The predicted molar refractivity (Wildman–Crippen MR) is 101 cm³/mol. The molecular formula is C17H20ClN5OS. The summed E-state index contributed by atoms with van der Waals surface area (Å²) in [7, 11) is 3.96. The van der Waals surface area contributed by atoms with Gasteiger partial charge in [0.05, 0.1) is 18.3 Å². The summed E-state index contributed by atoms with van der Waals surface area (Å²) in [5.74, 6) is 3.24. The number of thioether (sulfide) groups is 1. The molecule has 1 N–H and O–H groups in total. The summed E-state index contributed by atoms with van der Waals surface area (Å²) in [6.45, 7) is 2.26. The molecule has 1 aromatic heterocycles. The van der Waals surface area contributed by atoms with E-state index in [1.165, 1.54) is 11.8 Å². The zero-order chi connectivity index (χ0) is 18.4. The van der Waals surface area contributed by atoms with E-state index < -0.39 is 0 Å². The molecule has 1 unspecified atom stereocenters. The van der Waals surface area contributed by atoms with Crippen LogP contribution in [0.3, 0.4) is 0 Å². The van der Waals surface area contributed by atoms with Crippen molar-refractivity contribution in [3.63, 3.8) is 0 Å². The first-order valence-electron chi connectivity index (χ1n) is 7.64. The summed E-state index contributed by atoms with van der Waals surface area (Å²) in [6, 6.07) is 7.48. The van der Waals surface area contributed by atoms with Gasteiger partial charge < -0.3 is 5.32 Å². The fourth-order valence-electron chi connectivity index (χ4n) is 2.04. The Morgan fingerprint density at radius 2 is 2.08 bits per heavy atom. The Hall–Kier alpha value is -2.01. The molecule has 0 saturated carbocycles. The third kappa shape index (κ3) is 4.98. The average Bonchev–Trinajstić information content (AvgIpc) is 3.01. The van der Waals surface area contributed by atoms with E-state index in [0.29, 0.717) is 10.2 Å². The number of hydrogen-bond acceptors (Lipinski definition) is 5. The van der Waals surface area contributed by atoms with Crippen molar-refractivity contribution in [3.8, 4) is 18.0 Å². The van der Waals surface area contributed by atoms with Crippen LogP contribution in [-0.2, 0) is 4.79 Å². The molecule has 1 atom stereocenters. The van der Waals surface area contributed by atoms with Gasteiger partial charge in [-0.1, -0.05) is 29.3 Å². The van der Waals surface area contributed by atoms with Crippen LogP contribution in [0.4, 0.5) is 0 Å². The first-order valence-corrected chi connectivity index (χ1v) is 9.01. The Morgan fingerprint density at radius 1 is 1.40 bits per heavy atom. The maximum Gasteiger partial charge on any atom is 0.231 e. The molecule has 2 rings (SSSR count). The molecule has 1 heterocycles. The third-order valence-corrected chi connectivity index (χ3v) is 4.79. The normalized spacial score (nSPS) is 12.0. The van der Waals surface area contributed by atoms with Crippen molar-refractivity contribution < 1.29 is 4.79 Å². The topological polar surface area (TPSA) is 63.1 Å². The van der Waals surface area contributed by atoms with Crippen LogP contribution < -0.4 is 5.32 Å². The van der Waals surface area contributed by atoms with Crippen LogP contribution >= 0.6 is 23.4 Å². The highest BCUT2D eigenvalue weighted by Gasteiger charge is 2.21. The van der Waals surface area contributed by atoms with Crippen LogP contribution in [-0.4, -0.2) is 52.0 Å². The minimum atomic E-state index is -0.143. The smallest absolute Gasteiger partial charge is 0.231 e. The quantitative estimate of drug-likeness (QED) is 0.593. The number of benzene rings is 1. The number of amides is 1. The number of aromatic nitrogens is 3. The SMILES string of the molecule is C#CCNC(=O)CSc1nnc(C(C)N(C)C)n1-c1ccc(Cl)cc1. The number of nitrogens with one attached hydrogen (secondary N) is 1. The van der Waals surface area contributed by atoms with Gasteiger partial charge in [-0.2, -0.15) is 0 Å². The number of carbonyl (C=O) groups excluding carboxylic acids is 1. The molecule has 132 valence electrons. The lowest BCUT2D eigenvalue weighted by atomic mass is 10.2. The maximum atomic E-state index is 11.8. The fourth-order valence-corrected chi connectivity index (χ4v) is 2.95. The van der Waals surface area contributed by atoms with Gasteiger partial charge >= 0.3 is 0 Å². The molecule has 0 aliphatic heterocycles. The largest absolute Gasteiger partial charge is 0.344 e. The van der Waals surface area contributed by atoms with Gasteiger partial charge in [0.25, 0.3) is 0 Å². The van der Waals surface area contributed by atoms with Gasteiger partial charge in [-0.3, -0.25) is 14.3 Å². The van der Waals surface area contributed by atoms with Crippen molar-refractivity contribution in [1.82, 2.24) is 25.0 Å². The molecule has 0 saturated heterocycles. The van der Waals surface area contributed by atoms with Gasteiger partial charge in [-0.15, -0.1) is 16.6 Å². The molecule has 1 aromatic carbocycles. The highest BCUT2D eigenvalue weighted by molar-refractivity contribution is 7.99. The molecule has 0 aliphatic carbocycles. The van der Waals surface area contributed by atoms with Crippen molar-refractivity contribution in [2.75, 3.05) is 26.4 Å². The van der Waals surface area contributed by atoms with E-state index in [-0.39, 0.29) is 24.2 Å². The van der Waals surface area contributed by atoms with Crippen LogP contribution in [0, 0.1) is 12.3 Å². The summed E-state index contributed by atoms with van der Waals surface area (Å²) in [4.78, 5) is 13.9. The first kappa shape index (κ1) is 19.3. The third-order valence-electron chi connectivity index (χ3n) is 3.61. The van der Waals surface area contributed by atoms with Crippen molar-refractivity contribution in [2.24, 2.45) is 0 Å². The molecule has 6 nitrogen and oxygen atoms in total. The van der Waals surface area contributed by atoms with Crippen LogP contribution in [0.1, 0.15) is 18.8 Å². The van der Waals surface area contributed by atoms with Crippen molar-refractivity contribution in [3.05, 3.63) is 35.1 Å². The highest BCUT2D eigenvalue weighted by Crippen LogP contribution is 2.27. The second kappa shape index (κ2) is 8.90. The number of terminal acetylenes is 1. The van der Waals surface area contributed by atoms with Gasteiger partial charge in [-0.25, -0.2) is 0 Å². The van der Waals surface area contributed by atoms with Crippen LogP contribution in [0.5, 0.6) is 0 Å². The Kier molecular flexibility index (Phi) is 6.88. The summed E-state index contributed by atoms with van der Waals surface area (Å²) in [5, 5.41) is 12.5. The van der Waals surface area contributed by atoms with E-state index in [4.69, 9.17) is 18.0 Å². The van der Waals surface area contributed by atoms with Crippen molar-refractivity contribution in [2.45, 2.75) is 18.1 Å². The number of carbonyl (C=O) groups is 1. The summed E-state index contributed by atoms with van der Waals surface area (Å²) in [5.41, 5.74) is 0.893. The van der Waals surface area contributed by atoms with E-state index >= 15 is 0 Å². The molecule has 1 amide bonds. The van der Waals surface area contributed by atoms with Gasteiger partial charge in [0.2, 0.25) is 5.91 Å². The van der Waals surface area contributed by atoms with E-state index in [0.717, 1.165) is 11.5 Å².